The maximum absolute atomic E-state index is 12.6. The molecule has 0 atom stereocenters. The number of benzene rings is 1. The van der Waals surface area contributed by atoms with E-state index in [9.17, 15) is 4.79 Å². The molecule has 3 N–H and O–H groups in total. The van der Waals surface area contributed by atoms with Crippen LogP contribution >= 0.6 is 11.3 Å². The molecule has 1 amide bonds. The molecule has 4 nitrogen and oxygen atoms in total. The number of rotatable bonds is 4. The number of aromatic nitrogens is 1. The van der Waals surface area contributed by atoms with Crippen molar-refractivity contribution in [3.8, 4) is 0 Å². The molecule has 110 valence electrons. The molecule has 3 rings (SSSR count). The molecule has 1 saturated carbocycles. The number of thiazole rings is 1. The van der Waals surface area contributed by atoms with E-state index in [4.69, 9.17) is 5.73 Å². The third-order valence-electron chi connectivity index (χ3n) is 4.10. The molecule has 1 aliphatic carbocycles. The van der Waals surface area contributed by atoms with E-state index in [0.29, 0.717) is 5.13 Å². The van der Waals surface area contributed by atoms with Crippen molar-refractivity contribution in [1.82, 2.24) is 4.98 Å². The van der Waals surface area contributed by atoms with Gasteiger partial charge in [-0.2, -0.15) is 0 Å². The lowest BCUT2D eigenvalue weighted by Crippen LogP contribution is -2.27. The number of amides is 1. The van der Waals surface area contributed by atoms with Crippen LogP contribution in [0, 0.1) is 6.92 Å². The van der Waals surface area contributed by atoms with E-state index < -0.39 is 0 Å². The lowest BCUT2D eigenvalue weighted by Gasteiger charge is -2.14. The SMILES string of the molecule is CCc1nc(NC(=O)C2(c3ccc(N)cc3)CC2)sc1C. The van der Waals surface area contributed by atoms with E-state index in [2.05, 4.69) is 17.2 Å². The van der Waals surface area contributed by atoms with E-state index in [1.165, 1.54) is 4.88 Å². The predicted molar refractivity (Wildman–Crippen MR) is 86.6 cm³/mol. The van der Waals surface area contributed by atoms with Gasteiger partial charge in [0.1, 0.15) is 0 Å². The van der Waals surface area contributed by atoms with Crippen molar-refractivity contribution in [3.05, 3.63) is 40.4 Å². The molecule has 0 radical (unpaired) electrons. The predicted octanol–water partition coefficient (Wildman–Crippen LogP) is 3.27. The number of nitrogens with two attached hydrogens (primary N) is 1. The second-order valence-electron chi connectivity index (χ2n) is 5.53. The quantitative estimate of drug-likeness (QED) is 0.852. The zero-order chi connectivity index (χ0) is 15.0. The number of nitrogen functional groups attached to an aromatic ring is 1. The third-order valence-corrected chi connectivity index (χ3v) is 5.02. The highest BCUT2D eigenvalue weighted by Gasteiger charge is 2.51. The lowest BCUT2D eigenvalue weighted by molar-refractivity contribution is -0.118. The fraction of sp³-hybridized carbons (Fsp3) is 0.375. The molecule has 1 aromatic heterocycles. The summed E-state index contributed by atoms with van der Waals surface area (Å²) in [4.78, 5) is 18.3. The summed E-state index contributed by atoms with van der Waals surface area (Å²) in [6, 6.07) is 7.61. The lowest BCUT2D eigenvalue weighted by atomic mass is 9.95. The Labute approximate surface area is 128 Å². The number of hydrogen-bond acceptors (Lipinski definition) is 4. The average molecular weight is 301 g/mol. The van der Waals surface area contributed by atoms with Gasteiger partial charge < -0.3 is 11.1 Å². The van der Waals surface area contributed by atoms with Crippen molar-refractivity contribution < 1.29 is 4.79 Å². The molecule has 1 fully saturated rings. The highest BCUT2D eigenvalue weighted by atomic mass is 32.1. The number of hydrogen-bond donors (Lipinski definition) is 2. The summed E-state index contributed by atoms with van der Waals surface area (Å²) in [7, 11) is 0. The first-order valence-corrected chi connectivity index (χ1v) is 8.00. The summed E-state index contributed by atoms with van der Waals surface area (Å²) in [5.74, 6) is 0.0451. The topological polar surface area (TPSA) is 68.0 Å². The normalized spacial score (nSPS) is 15.7. The molecule has 21 heavy (non-hydrogen) atoms. The van der Waals surface area contributed by atoms with Gasteiger partial charge in [0.25, 0.3) is 0 Å². The summed E-state index contributed by atoms with van der Waals surface area (Å²) >= 11 is 1.55. The number of nitrogens with one attached hydrogen (secondary N) is 1. The molecule has 1 heterocycles. The van der Waals surface area contributed by atoms with Crippen LogP contribution in [0.15, 0.2) is 24.3 Å². The summed E-state index contributed by atoms with van der Waals surface area (Å²) in [6.45, 7) is 4.11. The molecule has 2 aromatic rings. The third kappa shape index (κ3) is 2.53. The molecular weight excluding hydrogens is 282 g/mol. The largest absolute Gasteiger partial charge is 0.399 e. The monoisotopic (exact) mass is 301 g/mol. The van der Waals surface area contributed by atoms with Crippen LogP contribution in [-0.2, 0) is 16.6 Å². The van der Waals surface area contributed by atoms with Gasteiger partial charge in [0.2, 0.25) is 5.91 Å². The van der Waals surface area contributed by atoms with E-state index >= 15 is 0 Å². The molecule has 0 bridgehead atoms. The zero-order valence-corrected chi connectivity index (χ0v) is 13.1. The summed E-state index contributed by atoms with van der Waals surface area (Å²) < 4.78 is 0. The molecule has 1 aliphatic rings. The van der Waals surface area contributed by atoms with Crippen molar-refractivity contribution in [2.45, 2.75) is 38.5 Å². The van der Waals surface area contributed by atoms with E-state index in [0.717, 1.165) is 36.2 Å². The second-order valence-corrected chi connectivity index (χ2v) is 6.74. The Morgan fingerprint density at radius 2 is 2.05 bits per heavy atom. The average Bonchev–Trinajstić information content (AvgIpc) is 3.20. The van der Waals surface area contributed by atoms with Gasteiger partial charge in [0, 0.05) is 10.6 Å². The van der Waals surface area contributed by atoms with Crippen LogP contribution in [0.5, 0.6) is 0 Å². The number of anilines is 2. The van der Waals surface area contributed by atoms with Gasteiger partial charge in [-0.3, -0.25) is 4.79 Å². The minimum absolute atomic E-state index is 0.0451. The van der Waals surface area contributed by atoms with Gasteiger partial charge in [-0.15, -0.1) is 11.3 Å². The van der Waals surface area contributed by atoms with Crippen molar-refractivity contribution in [2.75, 3.05) is 11.1 Å². The first kappa shape index (κ1) is 14.1. The molecule has 1 aromatic carbocycles. The van der Waals surface area contributed by atoms with Crippen LogP contribution in [0.3, 0.4) is 0 Å². The Morgan fingerprint density at radius 1 is 1.38 bits per heavy atom. The first-order chi connectivity index (χ1) is 10.0. The molecule has 0 aliphatic heterocycles. The molecule has 0 unspecified atom stereocenters. The maximum Gasteiger partial charge on any atom is 0.236 e. The van der Waals surface area contributed by atoms with Crippen LogP contribution in [0.1, 0.15) is 35.9 Å². The molecule has 5 heteroatoms. The van der Waals surface area contributed by atoms with E-state index in [1.54, 1.807) is 11.3 Å². The minimum Gasteiger partial charge on any atom is -0.399 e. The van der Waals surface area contributed by atoms with Gasteiger partial charge >= 0.3 is 0 Å². The highest BCUT2D eigenvalue weighted by molar-refractivity contribution is 7.15. The Hall–Kier alpha value is -1.88. The molecule has 0 spiro atoms. The van der Waals surface area contributed by atoms with Crippen molar-refractivity contribution in [1.29, 1.82) is 0 Å². The van der Waals surface area contributed by atoms with Gasteiger partial charge in [0.05, 0.1) is 11.1 Å². The highest BCUT2D eigenvalue weighted by Crippen LogP contribution is 2.49. The number of carbonyl (C=O) groups excluding carboxylic acids is 1. The van der Waals surface area contributed by atoms with E-state index in [-0.39, 0.29) is 11.3 Å². The summed E-state index contributed by atoms with van der Waals surface area (Å²) in [5, 5.41) is 3.70. The number of aryl methyl sites for hydroxylation is 2. The minimum atomic E-state index is -0.389. The van der Waals surface area contributed by atoms with Crippen LogP contribution in [0.25, 0.3) is 0 Å². The second kappa shape index (κ2) is 5.15. The summed E-state index contributed by atoms with van der Waals surface area (Å²) in [6.07, 6.45) is 2.66. The Morgan fingerprint density at radius 3 is 2.57 bits per heavy atom. The van der Waals surface area contributed by atoms with Crippen molar-refractivity contribution >= 4 is 28.1 Å². The molecular formula is C16H19N3OS. The van der Waals surface area contributed by atoms with Crippen LogP contribution in [-0.4, -0.2) is 10.9 Å². The number of nitrogens with zero attached hydrogens (tertiary/aromatic N) is 1. The van der Waals surface area contributed by atoms with Gasteiger partial charge in [-0.1, -0.05) is 19.1 Å². The fourth-order valence-corrected chi connectivity index (χ4v) is 3.50. The fourth-order valence-electron chi connectivity index (χ4n) is 2.60. The van der Waals surface area contributed by atoms with Gasteiger partial charge in [0.15, 0.2) is 5.13 Å². The maximum atomic E-state index is 12.6. The Kier molecular flexibility index (Phi) is 3.45. The van der Waals surface area contributed by atoms with Gasteiger partial charge in [-0.05, 0) is 43.9 Å². The van der Waals surface area contributed by atoms with Gasteiger partial charge in [-0.25, -0.2) is 4.98 Å². The van der Waals surface area contributed by atoms with E-state index in [1.807, 2.05) is 31.2 Å². The Bertz CT molecular complexity index is 671. The van der Waals surface area contributed by atoms with Crippen LogP contribution in [0.4, 0.5) is 10.8 Å². The standard InChI is InChI=1S/C16H19N3OS/c1-3-13-10(2)21-15(18-13)19-14(20)16(8-9-16)11-4-6-12(17)7-5-11/h4-7H,3,8-9,17H2,1-2H3,(H,18,19,20). The van der Waals surface area contributed by atoms with Crippen molar-refractivity contribution in [3.63, 3.8) is 0 Å². The molecule has 0 saturated heterocycles. The smallest absolute Gasteiger partial charge is 0.236 e. The van der Waals surface area contributed by atoms with Crippen LogP contribution in [0.2, 0.25) is 0 Å². The van der Waals surface area contributed by atoms with Crippen molar-refractivity contribution in [2.24, 2.45) is 0 Å². The first-order valence-electron chi connectivity index (χ1n) is 7.19. The van der Waals surface area contributed by atoms with Crippen LogP contribution < -0.4 is 11.1 Å². The zero-order valence-electron chi connectivity index (χ0n) is 12.3. The summed E-state index contributed by atoms with van der Waals surface area (Å²) in [5.41, 5.74) is 8.15. The Balaban J connectivity index is 1.79. The number of carbonyl (C=O) groups is 1.